The molecule has 0 fully saturated rings. The summed E-state index contributed by atoms with van der Waals surface area (Å²) in [6.07, 6.45) is 0. The first-order valence-corrected chi connectivity index (χ1v) is 7.48. The number of carbonyl (C=O) groups excluding carboxylic acids is 1. The second-order valence-corrected chi connectivity index (χ2v) is 5.97. The van der Waals surface area contributed by atoms with E-state index in [-0.39, 0.29) is 5.97 Å². The predicted molar refractivity (Wildman–Crippen MR) is 83.2 cm³/mol. The largest absolute Gasteiger partial charge is 0.464 e. The van der Waals surface area contributed by atoms with Crippen molar-refractivity contribution in [3.63, 3.8) is 0 Å². The summed E-state index contributed by atoms with van der Waals surface area (Å²) in [7, 11) is 0. The van der Waals surface area contributed by atoms with E-state index in [4.69, 9.17) is 4.74 Å². The minimum absolute atomic E-state index is 0.240. The van der Waals surface area contributed by atoms with Crippen LogP contribution in [0.2, 0.25) is 0 Å². The third-order valence-corrected chi connectivity index (χ3v) is 3.96. The summed E-state index contributed by atoms with van der Waals surface area (Å²) >= 11 is 1.61. The number of anilines is 1. The summed E-state index contributed by atoms with van der Waals surface area (Å²) in [6.45, 7) is 6.26. The van der Waals surface area contributed by atoms with E-state index in [2.05, 4.69) is 5.32 Å². The van der Waals surface area contributed by atoms with Crippen LogP contribution in [-0.2, 0) is 9.53 Å². The third kappa shape index (κ3) is 3.61. The Hall–Kier alpha value is -1.81. The molecule has 0 radical (unpaired) electrons. The number of thiophene rings is 1. The molecular formula is C16H19NO2S. The molecule has 1 aromatic carbocycles. The summed E-state index contributed by atoms with van der Waals surface area (Å²) in [6, 6.07) is 11.5. The van der Waals surface area contributed by atoms with Gasteiger partial charge in [0.2, 0.25) is 0 Å². The van der Waals surface area contributed by atoms with Gasteiger partial charge in [0.05, 0.1) is 6.61 Å². The van der Waals surface area contributed by atoms with E-state index < -0.39 is 6.04 Å². The van der Waals surface area contributed by atoms with Crippen molar-refractivity contribution in [2.24, 2.45) is 0 Å². The smallest absolute Gasteiger partial charge is 0.334 e. The molecule has 106 valence electrons. The van der Waals surface area contributed by atoms with Crippen molar-refractivity contribution in [2.45, 2.75) is 26.8 Å². The molecule has 1 unspecified atom stereocenters. The number of esters is 1. The van der Waals surface area contributed by atoms with Gasteiger partial charge in [0.25, 0.3) is 0 Å². The fourth-order valence-corrected chi connectivity index (χ4v) is 2.90. The minimum atomic E-state index is -0.449. The van der Waals surface area contributed by atoms with Gasteiger partial charge in [-0.2, -0.15) is 0 Å². The Labute approximate surface area is 123 Å². The lowest BCUT2D eigenvalue weighted by atomic mass is 10.2. The Balaban J connectivity index is 2.25. The van der Waals surface area contributed by atoms with Crippen LogP contribution in [0.4, 0.5) is 5.69 Å². The van der Waals surface area contributed by atoms with E-state index in [1.54, 1.807) is 11.3 Å². The van der Waals surface area contributed by atoms with Gasteiger partial charge in [0.1, 0.15) is 0 Å². The molecule has 0 amide bonds. The molecule has 4 heteroatoms. The van der Waals surface area contributed by atoms with Crippen LogP contribution in [0.1, 0.15) is 28.3 Å². The monoisotopic (exact) mass is 289 g/mol. The second-order valence-electron chi connectivity index (χ2n) is 4.65. The van der Waals surface area contributed by atoms with E-state index >= 15 is 0 Å². The van der Waals surface area contributed by atoms with Crippen LogP contribution >= 0.6 is 11.3 Å². The van der Waals surface area contributed by atoms with E-state index in [0.29, 0.717) is 6.61 Å². The van der Waals surface area contributed by atoms with Crippen LogP contribution in [0.15, 0.2) is 36.4 Å². The summed E-state index contributed by atoms with van der Waals surface area (Å²) in [5.41, 5.74) is 2.08. The quantitative estimate of drug-likeness (QED) is 0.843. The Morgan fingerprint density at radius 3 is 2.70 bits per heavy atom. The van der Waals surface area contributed by atoms with E-state index in [9.17, 15) is 4.79 Å². The first kappa shape index (κ1) is 14.6. The number of nitrogens with one attached hydrogen (secondary N) is 1. The van der Waals surface area contributed by atoms with Gasteiger partial charge >= 0.3 is 5.97 Å². The molecule has 0 aliphatic carbocycles. The fraction of sp³-hybridized carbons (Fsp3) is 0.312. The number of benzene rings is 1. The number of ether oxygens (including phenoxy) is 1. The van der Waals surface area contributed by atoms with Crippen LogP contribution < -0.4 is 5.32 Å². The number of hydrogen-bond donors (Lipinski definition) is 1. The predicted octanol–water partition coefficient (Wildman–Crippen LogP) is 4.08. The molecule has 0 aliphatic rings. The van der Waals surface area contributed by atoms with Crippen molar-refractivity contribution in [1.29, 1.82) is 0 Å². The molecule has 0 saturated carbocycles. The first-order chi connectivity index (χ1) is 9.60. The highest BCUT2D eigenvalue weighted by molar-refractivity contribution is 7.12. The third-order valence-electron chi connectivity index (χ3n) is 2.90. The maximum atomic E-state index is 12.2. The molecule has 20 heavy (non-hydrogen) atoms. The van der Waals surface area contributed by atoms with E-state index in [1.165, 1.54) is 4.88 Å². The maximum absolute atomic E-state index is 12.2. The summed E-state index contributed by atoms with van der Waals surface area (Å²) in [5, 5.41) is 3.27. The molecule has 0 spiro atoms. The van der Waals surface area contributed by atoms with Crippen LogP contribution in [0.5, 0.6) is 0 Å². The molecule has 2 aromatic rings. The van der Waals surface area contributed by atoms with Gasteiger partial charge in [-0.1, -0.05) is 12.1 Å². The summed E-state index contributed by atoms with van der Waals surface area (Å²) < 4.78 is 5.18. The number of aryl methyl sites for hydroxylation is 2. The number of hydrogen-bond acceptors (Lipinski definition) is 4. The molecule has 1 heterocycles. The SMILES string of the molecule is CCOC(=O)C(Nc1cccc(C)c1)c1ccc(C)s1. The van der Waals surface area contributed by atoms with Crippen molar-refractivity contribution in [3.05, 3.63) is 51.7 Å². The van der Waals surface area contributed by atoms with Crippen molar-refractivity contribution in [2.75, 3.05) is 11.9 Å². The zero-order valence-corrected chi connectivity index (χ0v) is 12.8. The Kier molecular flexibility index (Phi) is 4.79. The zero-order chi connectivity index (χ0) is 14.5. The summed E-state index contributed by atoms with van der Waals surface area (Å²) in [5.74, 6) is -0.240. The average molecular weight is 289 g/mol. The second kappa shape index (κ2) is 6.57. The Morgan fingerprint density at radius 1 is 1.30 bits per heavy atom. The Bertz CT molecular complexity index is 592. The summed E-state index contributed by atoms with van der Waals surface area (Å²) in [4.78, 5) is 14.3. The van der Waals surface area contributed by atoms with Crippen LogP contribution in [0, 0.1) is 13.8 Å². The van der Waals surface area contributed by atoms with Crippen molar-refractivity contribution < 1.29 is 9.53 Å². The first-order valence-electron chi connectivity index (χ1n) is 6.66. The highest BCUT2D eigenvalue weighted by Crippen LogP contribution is 2.27. The molecule has 2 rings (SSSR count). The van der Waals surface area contributed by atoms with Gasteiger partial charge in [-0.05, 0) is 50.6 Å². The van der Waals surface area contributed by atoms with Crippen molar-refractivity contribution in [1.82, 2.24) is 0 Å². The fourth-order valence-electron chi connectivity index (χ4n) is 1.98. The van der Waals surface area contributed by atoms with Crippen molar-refractivity contribution >= 4 is 23.0 Å². The van der Waals surface area contributed by atoms with Gasteiger partial charge in [-0.3, -0.25) is 0 Å². The lowest BCUT2D eigenvalue weighted by Crippen LogP contribution is -2.22. The molecule has 3 nitrogen and oxygen atoms in total. The highest BCUT2D eigenvalue weighted by atomic mass is 32.1. The lowest BCUT2D eigenvalue weighted by Gasteiger charge is -2.17. The van der Waals surface area contributed by atoms with Gasteiger partial charge in [-0.15, -0.1) is 11.3 Å². The lowest BCUT2D eigenvalue weighted by molar-refractivity contribution is -0.144. The van der Waals surface area contributed by atoms with Crippen molar-refractivity contribution in [3.8, 4) is 0 Å². The van der Waals surface area contributed by atoms with Gasteiger partial charge in [0.15, 0.2) is 6.04 Å². The molecule has 1 N–H and O–H groups in total. The average Bonchev–Trinajstić information content (AvgIpc) is 2.83. The van der Waals surface area contributed by atoms with Crippen LogP contribution in [-0.4, -0.2) is 12.6 Å². The number of carbonyl (C=O) groups is 1. The standard InChI is InChI=1S/C16H19NO2S/c1-4-19-16(18)15(14-9-8-12(3)20-14)17-13-7-5-6-11(2)10-13/h5-10,15,17H,4H2,1-3H3. The number of rotatable bonds is 5. The van der Waals surface area contributed by atoms with Gasteiger partial charge < -0.3 is 10.1 Å². The molecule has 0 saturated heterocycles. The van der Waals surface area contributed by atoms with Gasteiger partial charge in [-0.25, -0.2) is 4.79 Å². The van der Waals surface area contributed by atoms with E-state index in [0.717, 1.165) is 16.1 Å². The topological polar surface area (TPSA) is 38.3 Å². The molecule has 1 atom stereocenters. The van der Waals surface area contributed by atoms with Gasteiger partial charge in [0, 0.05) is 15.4 Å². The molecular weight excluding hydrogens is 270 g/mol. The molecule has 0 aliphatic heterocycles. The van der Waals surface area contributed by atoms with E-state index in [1.807, 2.05) is 57.2 Å². The molecule has 0 bridgehead atoms. The molecule has 1 aromatic heterocycles. The minimum Gasteiger partial charge on any atom is -0.464 e. The zero-order valence-electron chi connectivity index (χ0n) is 12.0. The van der Waals surface area contributed by atoms with Crippen LogP contribution in [0.3, 0.4) is 0 Å². The normalized spacial score (nSPS) is 11.9. The Morgan fingerprint density at radius 2 is 2.10 bits per heavy atom. The highest BCUT2D eigenvalue weighted by Gasteiger charge is 2.23. The van der Waals surface area contributed by atoms with Crippen LogP contribution in [0.25, 0.3) is 0 Å². The maximum Gasteiger partial charge on any atom is 0.334 e.